The number of methoxy groups -OCH3 is 1. The summed E-state index contributed by atoms with van der Waals surface area (Å²) in [6.07, 6.45) is 0.140. The summed E-state index contributed by atoms with van der Waals surface area (Å²) in [6.45, 7) is 3.27. The van der Waals surface area contributed by atoms with E-state index in [1.54, 1.807) is 31.2 Å². The minimum atomic E-state index is -0.298. The van der Waals surface area contributed by atoms with Crippen LogP contribution in [0.15, 0.2) is 34.7 Å². The van der Waals surface area contributed by atoms with Gasteiger partial charge in [0.15, 0.2) is 11.6 Å². The highest BCUT2D eigenvalue weighted by Gasteiger charge is 2.35. The Morgan fingerprint density at radius 1 is 1.04 bits per heavy atom. The molecule has 4 rings (SSSR count). The molecule has 5 heteroatoms. The van der Waals surface area contributed by atoms with Crippen molar-refractivity contribution in [2.75, 3.05) is 7.11 Å². The van der Waals surface area contributed by atoms with Crippen LogP contribution in [0.25, 0.3) is 11.0 Å². The standard InChI is InChI=1S/C21H16O5/c1-10(22)8-12-4-6-14-16(20(12)25-3)18(23)15-7-5-13-9-11(2)26-21(13)17(15)19(14)24/h4-7,9H,8H2,1-3H3. The molecule has 0 bridgehead atoms. The van der Waals surface area contributed by atoms with Crippen molar-refractivity contribution < 1.29 is 23.5 Å². The fraction of sp³-hybridized carbons (Fsp3) is 0.190. The van der Waals surface area contributed by atoms with Gasteiger partial charge in [-0.25, -0.2) is 0 Å². The summed E-state index contributed by atoms with van der Waals surface area (Å²) in [7, 11) is 1.44. The Hall–Kier alpha value is -3.21. The molecule has 0 atom stereocenters. The number of furan rings is 1. The Morgan fingerprint density at radius 2 is 1.69 bits per heavy atom. The highest BCUT2D eigenvalue weighted by molar-refractivity contribution is 6.32. The zero-order valence-corrected chi connectivity index (χ0v) is 14.6. The highest BCUT2D eigenvalue weighted by Crippen LogP contribution is 2.39. The van der Waals surface area contributed by atoms with Crippen LogP contribution in [0.2, 0.25) is 0 Å². The van der Waals surface area contributed by atoms with Gasteiger partial charge in [-0.3, -0.25) is 14.4 Å². The average molecular weight is 348 g/mol. The third kappa shape index (κ3) is 2.20. The first-order chi connectivity index (χ1) is 12.4. The summed E-state index contributed by atoms with van der Waals surface area (Å²) in [5.41, 5.74) is 2.09. The van der Waals surface area contributed by atoms with E-state index in [0.717, 1.165) is 5.39 Å². The SMILES string of the molecule is COc1c(CC(C)=O)ccc2c1C(=O)c1ccc3cc(C)oc3c1C2=O. The average Bonchev–Trinajstić information content (AvgIpc) is 2.98. The molecular weight excluding hydrogens is 332 g/mol. The second-order valence-electron chi connectivity index (χ2n) is 6.48. The maximum absolute atomic E-state index is 13.2. The molecule has 1 aliphatic rings. The summed E-state index contributed by atoms with van der Waals surface area (Å²) in [4.78, 5) is 37.8. The molecule has 0 aliphatic heterocycles. The molecule has 1 heterocycles. The van der Waals surface area contributed by atoms with E-state index in [1.165, 1.54) is 14.0 Å². The lowest BCUT2D eigenvalue weighted by Crippen LogP contribution is -2.22. The van der Waals surface area contributed by atoms with E-state index in [2.05, 4.69) is 0 Å². The van der Waals surface area contributed by atoms with Gasteiger partial charge in [0.05, 0.1) is 18.2 Å². The summed E-state index contributed by atoms with van der Waals surface area (Å²) >= 11 is 0. The van der Waals surface area contributed by atoms with Gasteiger partial charge >= 0.3 is 0 Å². The maximum Gasteiger partial charge on any atom is 0.198 e. The van der Waals surface area contributed by atoms with Crippen molar-refractivity contribution in [1.82, 2.24) is 0 Å². The highest BCUT2D eigenvalue weighted by atomic mass is 16.5. The van der Waals surface area contributed by atoms with Crippen molar-refractivity contribution in [1.29, 1.82) is 0 Å². The summed E-state index contributed by atoms with van der Waals surface area (Å²) < 4.78 is 11.1. The number of hydrogen-bond acceptors (Lipinski definition) is 5. The van der Waals surface area contributed by atoms with Crippen LogP contribution in [0, 0.1) is 6.92 Å². The molecule has 0 N–H and O–H groups in total. The summed E-state index contributed by atoms with van der Waals surface area (Å²) in [5, 5.41) is 0.783. The number of rotatable bonds is 3. The molecule has 3 aromatic rings. The number of Topliss-reactive ketones (excluding diaryl/α,β-unsaturated/α-hetero) is 1. The van der Waals surface area contributed by atoms with Gasteiger partial charge in [0, 0.05) is 28.5 Å². The van der Waals surface area contributed by atoms with E-state index in [0.29, 0.717) is 22.5 Å². The van der Waals surface area contributed by atoms with E-state index in [-0.39, 0.29) is 46.2 Å². The summed E-state index contributed by atoms with van der Waals surface area (Å²) in [6, 6.07) is 8.51. The van der Waals surface area contributed by atoms with E-state index in [1.807, 2.05) is 6.07 Å². The predicted octanol–water partition coefficient (Wildman–Crippen LogP) is 3.66. The van der Waals surface area contributed by atoms with E-state index >= 15 is 0 Å². The number of hydrogen-bond donors (Lipinski definition) is 0. The fourth-order valence-corrected chi connectivity index (χ4v) is 3.60. The Labute approximate surface area is 149 Å². The van der Waals surface area contributed by atoms with Crippen molar-refractivity contribution in [2.24, 2.45) is 0 Å². The first-order valence-electron chi connectivity index (χ1n) is 8.24. The number of ether oxygens (including phenoxy) is 1. The third-order valence-electron chi connectivity index (χ3n) is 4.64. The van der Waals surface area contributed by atoms with Crippen molar-refractivity contribution in [3.8, 4) is 5.75 Å². The minimum Gasteiger partial charge on any atom is -0.496 e. The Kier molecular flexibility index (Phi) is 3.54. The van der Waals surface area contributed by atoms with Crippen LogP contribution in [-0.4, -0.2) is 24.5 Å². The van der Waals surface area contributed by atoms with Crippen LogP contribution < -0.4 is 4.74 Å². The van der Waals surface area contributed by atoms with Gasteiger partial charge in [0.1, 0.15) is 22.9 Å². The van der Waals surface area contributed by atoms with Gasteiger partial charge in [0.25, 0.3) is 0 Å². The molecule has 0 amide bonds. The number of fused-ring (bicyclic) bond motifs is 4. The minimum absolute atomic E-state index is 0.0500. The van der Waals surface area contributed by atoms with E-state index in [4.69, 9.17) is 9.15 Å². The van der Waals surface area contributed by atoms with Gasteiger partial charge in [-0.05, 0) is 32.0 Å². The number of carbonyl (C=O) groups is 3. The van der Waals surface area contributed by atoms with Crippen LogP contribution in [0.5, 0.6) is 5.75 Å². The smallest absolute Gasteiger partial charge is 0.198 e. The number of ketones is 3. The molecule has 0 unspecified atom stereocenters. The van der Waals surface area contributed by atoms with E-state index < -0.39 is 0 Å². The molecule has 1 aliphatic carbocycles. The normalized spacial score (nSPS) is 12.9. The van der Waals surface area contributed by atoms with Gasteiger partial charge in [-0.1, -0.05) is 12.1 Å². The molecule has 2 aromatic carbocycles. The zero-order valence-electron chi connectivity index (χ0n) is 14.6. The third-order valence-corrected chi connectivity index (χ3v) is 4.64. The van der Waals surface area contributed by atoms with Gasteiger partial charge in [-0.15, -0.1) is 0 Å². The van der Waals surface area contributed by atoms with Crippen molar-refractivity contribution in [2.45, 2.75) is 20.3 Å². The second kappa shape index (κ2) is 5.66. The summed E-state index contributed by atoms with van der Waals surface area (Å²) in [5.74, 6) is 0.340. The lowest BCUT2D eigenvalue weighted by molar-refractivity contribution is -0.116. The zero-order chi connectivity index (χ0) is 18.6. The van der Waals surface area contributed by atoms with Gasteiger partial charge in [0.2, 0.25) is 0 Å². The Morgan fingerprint density at radius 3 is 2.38 bits per heavy atom. The van der Waals surface area contributed by atoms with Crippen LogP contribution in [-0.2, 0) is 11.2 Å². The number of carbonyl (C=O) groups excluding carboxylic acids is 3. The van der Waals surface area contributed by atoms with Gasteiger partial charge in [-0.2, -0.15) is 0 Å². The fourth-order valence-electron chi connectivity index (χ4n) is 3.60. The molecule has 0 fully saturated rings. The number of aryl methyl sites for hydroxylation is 1. The lowest BCUT2D eigenvalue weighted by Gasteiger charge is -2.21. The quantitative estimate of drug-likeness (QED) is 0.565. The Bertz CT molecular complexity index is 1120. The Balaban J connectivity index is 2.01. The molecule has 0 radical (unpaired) electrons. The molecular formula is C21H16O5. The van der Waals surface area contributed by atoms with Crippen LogP contribution >= 0.6 is 0 Å². The lowest BCUT2D eigenvalue weighted by atomic mass is 9.81. The molecule has 0 saturated carbocycles. The molecule has 0 saturated heterocycles. The van der Waals surface area contributed by atoms with E-state index in [9.17, 15) is 14.4 Å². The van der Waals surface area contributed by atoms with Crippen LogP contribution in [0.3, 0.4) is 0 Å². The molecule has 0 spiro atoms. The first-order valence-corrected chi connectivity index (χ1v) is 8.24. The monoisotopic (exact) mass is 348 g/mol. The molecule has 5 nitrogen and oxygen atoms in total. The largest absolute Gasteiger partial charge is 0.496 e. The molecule has 1 aromatic heterocycles. The molecule has 130 valence electrons. The van der Waals surface area contributed by atoms with Crippen LogP contribution in [0.1, 0.15) is 50.1 Å². The van der Waals surface area contributed by atoms with Crippen molar-refractivity contribution in [3.05, 3.63) is 63.9 Å². The maximum atomic E-state index is 13.2. The van der Waals surface area contributed by atoms with Crippen molar-refractivity contribution in [3.63, 3.8) is 0 Å². The molecule has 26 heavy (non-hydrogen) atoms. The number of benzene rings is 2. The predicted molar refractivity (Wildman–Crippen MR) is 95.2 cm³/mol. The van der Waals surface area contributed by atoms with Crippen LogP contribution in [0.4, 0.5) is 0 Å². The first kappa shape index (κ1) is 16.3. The van der Waals surface area contributed by atoms with Crippen molar-refractivity contribution >= 4 is 28.3 Å². The topological polar surface area (TPSA) is 73.6 Å². The van der Waals surface area contributed by atoms with Gasteiger partial charge < -0.3 is 9.15 Å². The second-order valence-corrected chi connectivity index (χ2v) is 6.48.